The van der Waals surface area contributed by atoms with E-state index in [0.717, 1.165) is 11.1 Å². The van der Waals surface area contributed by atoms with Gasteiger partial charge in [0.2, 0.25) is 0 Å². The van der Waals surface area contributed by atoms with Gasteiger partial charge >= 0.3 is 5.97 Å². The molecule has 0 atom stereocenters. The minimum Gasteiger partial charge on any atom is -0.422 e. The molecule has 0 fully saturated rings. The molecule has 3 rings (SSSR count). The van der Waals surface area contributed by atoms with Crippen LogP contribution in [0.3, 0.4) is 0 Å². The number of esters is 1. The summed E-state index contributed by atoms with van der Waals surface area (Å²) in [5, 5.41) is 5.77. The average molecular weight is 364 g/mol. The van der Waals surface area contributed by atoms with Gasteiger partial charge in [0.1, 0.15) is 10.6 Å². The highest BCUT2D eigenvalue weighted by Gasteiger charge is 2.09. The Morgan fingerprint density at radius 2 is 1.88 bits per heavy atom. The van der Waals surface area contributed by atoms with Gasteiger partial charge in [-0.15, -0.1) is 11.3 Å². The summed E-state index contributed by atoms with van der Waals surface area (Å²) in [5.41, 5.74) is 4.82. The van der Waals surface area contributed by atoms with Gasteiger partial charge in [-0.3, -0.25) is 4.79 Å². The normalized spacial score (nSPS) is 10.7. The van der Waals surface area contributed by atoms with Gasteiger partial charge in [-0.1, -0.05) is 23.8 Å². The molecule has 0 radical (unpaired) electrons. The summed E-state index contributed by atoms with van der Waals surface area (Å²) in [6.45, 7) is 1.92. The van der Waals surface area contributed by atoms with Crippen molar-refractivity contribution >= 4 is 29.4 Å². The van der Waals surface area contributed by atoms with E-state index >= 15 is 0 Å². The van der Waals surface area contributed by atoms with Crippen molar-refractivity contribution in [2.45, 2.75) is 6.92 Å². The first-order valence-corrected chi connectivity index (χ1v) is 8.75. The smallest absolute Gasteiger partial charge is 0.353 e. The molecule has 130 valence electrons. The summed E-state index contributed by atoms with van der Waals surface area (Å²) in [6, 6.07) is 17.6. The Balaban J connectivity index is 1.56. The fourth-order valence-electron chi connectivity index (χ4n) is 2.19. The summed E-state index contributed by atoms with van der Waals surface area (Å²) in [4.78, 5) is 24.4. The summed E-state index contributed by atoms with van der Waals surface area (Å²) >= 11 is 1.33. The lowest BCUT2D eigenvalue weighted by Gasteiger charge is -2.03. The largest absolute Gasteiger partial charge is 0.422 e. The second-order valence-corrected chi connectivity index (χ2v) is 6.45. The van der Waals surface area contributed by atoms with E-state index in [1.165, 1.54) is 17.6 Å². The maximum Gasteiger partial charge on any atom is 0.353 e. The number of hydrogen-bond donors (Lipinski definition) is 1. The van der Waals surface area contributed by atoms with Crippen molar-refractivity contribution < 1.29 is 14.3 Å². The van der Waals surface area contributed by atoms with E-state index in [1.807, 2.05) is 24.4 Å². The van der Waals surface area contributed by atoms with Gasteiger partial charge in [0.25, 0.3) is 5.91 Å². The van der Waals surface area contributed by atoms with Gasteiger partial charge in [-0.25, -0.2) is 10.2 Å². The van der Waals surface area contributed by atoms with Crippen LogP contribution in [0, 0.1) is 6.92 Å². The molecule has 1 N–H and O–H groups in total. The molecule has 0 saturated carbocycles. The SMILES string of the molecule is Cc1cccc(C(=O)N/N=C\c2ccc(OC(=O)c3cccs3)cc2)c1. The van der Waals surface area contributed by atoms with E-state index in [1.54, 1.807) is 48.5 Å². The fourth-order valence-corrected chi connectivity index (χ4v) is 2.79. The first kappa shape index (κ1) is 17.6. The monoisotopic (exact) mass is 364 g/mol. The van der Waals surface area contributed by atoms with Gasteiger partial charge in [-0.2, -0.15) is 5.10 Å². The number of hydrazone groups is 1. The van der Waals surface area contributed by atoms with Crippen LogP contribution in [0.2, 0.25) is 0 Å². The van der Waals surface area contributed by atoms with Crippen LogP contribution >= 0.6 is 11.3 Å². The van der Waals surface area contributed by atoms with Crippen molar-refractivity contribution in [1.29, 1.82) is 0 Å². The highest BCUT2D eigenvalue weighted by molar-refractivity contribution is 7.12. The molecule has 0 aliphatic rings. The van der Waals surface area contributed by atoms with Crippen LogP contribution in [0.15, 0.2) is 71.1 Å². The van der Waals surface area contributed by atoms with Crippen molar-refractivity contribution in [3.05, 3.63) is 87.6 Å². The Hall–Kier alpha value is -3.25. The minimum atomic E-state index is -0.383. The standard InChI is InChI=1S/C20H16N2O3S/c1-14-4-2-5-16(12-14)19(23)22-21-13-15-7-9-17(10-8-15)25-20(24)18-6-3-11-26-18/h2-13H,1H3,(H,22,23)/b21-13-. The molecule has 26 heavy (non-hydrogen) atoms. The van der Waals surface area contributed by atoms with E-state index in [-0.39, 0.29) is 11.9 Å². The van der Waals surface area contributed by atoms with Gasteiger partial charge in [0.05, 0.1) is 6.21 Å². The zero-order valence-electron chi connectivity index (χ0n) is 14.0. The molecular formula is C20H16N2O3S. The number of nitrogens with zero attached hydrogens (tertiary/aromatic N) is 1. The van der Waals surface area contributed by atoms with Crippen LogP contribution in [0.1, 0.15) is 31.2 Å². The molecule has 0 saturated heterocycles. The van der Waals surface area contributed by atoms with Gasteiger partial charge in [0, 0.05) is 5.56 Å². The number of ether oxygens (including phenoxy) is 1. The lowest BCUT2D eigenvalue weighted by atomic mass is 10.1. The van der Waals surface area contributed by atoms with E-state index in [4.69, 9.17) is 4.74 Å². The van der Waals surface area contributed by atoms with Crippen molar-refractivity contribution in [3.8, 4) is 5.75 Å². The highest BCUT2D eigenvalue weighted by Crippen LogP contribution is 2.16. The van der Waals surface area contributed by atoms with Crippen LogP contribution in [-0.2, 0) is 0 Å². The fraction of sp³-hybridized carbons (Fsp3) is 0.0500. The van der Waals surface area contributed by atoms with Crippen LogP contribution in [0.5, 0.6) is 5.75 Å². The van der Waals surface area contributed by atoms with E-state index in [9.17, 15) is 9.59 Å². The Labute approximate surface area is 154 Å². The number of hydrogen-bond acceptors (Lipinski definition) is 5. The number of aryl methyl sites for hydroxylation is 1. The number of carbonyl (C=O) groups excluding carboxylic acids is 2. The Kier molecular flexibility index (Phi) is 5.56. The third kappa shape index (κ3) is 4.64. The van der Waals surface area contributed by atoms with Crippen LogP contribution in [0.4, 0.5) is 0 Å². The van der Waals surface area contributed by atoms with Crippen molar-refractivity contribution in [2.24, 2.45) is 5.10 Å². The first-order chi connectivity index (χ1) is 12.6. The quantitative estimate of drug-likeness (QED) is 0.322. The van der Waals surface area contributed by atoms with E-state index in [0.29, 0.717) is 16.2 Å². The Morgan fingerprint density at radius 3 is 2.58 bits per heavy atom. The number of thiophene rings is 1. The number of rotatable bonds is 5. The van der Waals surface area contributed by atoms with Crippen LogP contribution < -0.4 is 10.2 Å². The number of benzene rings is 2. The number of carbonyl (C=O) groups is 2. The summed E-state index contributed by atoms with van der Waals surface area (Å²) in [5.74, 6) is -0.206. The molecule has 6 heteroatoms. The van der Waals surface area contributed by atoms with Gasteiger partial charge < -0.3 is 4.74 Å². The molecule has 0 aliphatic heterocycles. The lowest BCUT2D eigenvalue weighted by molar-refractivity contribution is 0.0739. The Morgan fingerprint density at radius 1 is 1.08 bits per heavy atom. The topological polar surface area (TPSA) is 67.8 Å². The molecule has 5 nitrogen and oxygen atoms in total. The van der Waals surface area contributed by atoms with Crippen molar-refractivity contribution in [3.63, 3.8) is 0 Å². The molecule has 1 heterocycles. The van der Waals surface area contributed by atoms with E-state index in [2.05, 4.69) is 10.5 Å². The summed E-state index contributed by atoms with van der Waals surface area (Å²) < 4.78 is 5.28. The van der Waals surface area contributed by atoms with Crippen molar-refractivity contribution in [1.82, 2.24) is 5.43 Å². The lowest BCUT2D eigenvalue weighted by Crippen LogP contribution is -2.17. The molecular weight excluding hydrogens is 348 g/mol. The summed E-state index contributed by atoms with van der Waals surface area (Å²) in [6.07, 6.45) is 1.53. The number of amides is 1. The van der Waals surface area contributed by atoms with Crippen molar-refractivity contribution in [2.75, 3.05) is 0 Å². The van der Waals surface area contributed by atoms with Crippen LogP contribution in [0.25, 0.3) is 0 Å². The Bertz CT molecular complexity index is 932. The second kappa shape index (κ2) is 8.22. The molecule has 0 spiro atoms. The van der Waals surface area contributed by atoms with Gasteiger partial charge in [-0.05, 0) is 60.3 Å². The first-order valence-electron chi connectivity index (χ1n) is 7.87. The maximum atomic E-state index is 12.0. The molecule has 0 aliphatic carbocycles. The predicted molar refractivity (Wildman–Crippen MR) is 102 cm³/mol. The third-order valence-corrected chi connectivity index (χ3v) is 4.32. The third-order valence-electron chi connectivity index (χ3n) is 3.47. The molecule has 0 unspecified atom stereocenters. The summed E-state index contributed by atoms with van der Waals surface area (Å²) in [7, 11) is 0. The van der Waals surface area contributed by atoms with Gasteiger partial charge in [0.15, 0.2) is 0 Å². The number of nitrogens with one attached hydrogen (secondary N) is 1. The highest BCUT2D eigenvalue weighted by atomic mass is 32.1. The molecule has 3 aromatic rings. The minimum absolute atomic E-state index is 0.272. The molecule has 2 aromatic carbocycles. The molecule has 0 bridgehead atoms. The second-order valence-electron chi connectivity index (χ2n) is 5.50. The van der Waals surface area contributed by atoms with Crippen LogP contribution in [-0.4, -0.2) is 18.1 Å². The zero-order chi connectivity index (χ0) is 18.4. The molecule has 1 aromatic heterocycles. The zero-order valence-corrected chi connectivity index (χ0v) is 14.8. The maximum absolute atomic E-state index is 12.0. The molecule has 1 amide bonds. The predicted octanol–water partition coefficient (Wildman–Crippen LogP) is 4.04. The average Bonchev–Trinajstić information content (AvgIpc) is 3.18. The van der Waals surface area contributed by atoms with E-state index < -0.39 is 0 Å².